The number of aliphatic hydroxyl groups excluding tert-OH is 4. The van der Waals surface area contributed by atoms with Gasteiger partial charge in [0.2, 0.25) is 0 Å². The first-order valence-electron chi connectivity index (χ1n) is 11.6. The smallest absolute Gasteiger partial charge is 0.173 e. The molecule has 180 valence electrons. The summed E-state index contributed by atoms with van der Waals surface area (Å²) in [6, 6.07) is 16.3. The Balaban J connectivity index is 1.43. The van der Waals surface area contributed by atoms with Crippen LogP contribution in [0.3, 0.4) is 0 Å². The van der Waals surface area contributed by atoms with Gasteiger partial charge in [-0.25, -0.2) is 0 Å². The molecule has 0 radical (unpaired) electrons. The second kappa shape index (κ2) is 11.1. The number of aliphatic hydroxyl groups is 4. The third-order valence-corrected chi connectivity index (χ3v) is 8.00. The van der Waals surface area contributed by atoms with Gasteiger partial charge in [-0.05, 0) is 35.9 Å². The Morgan fingerprint density at radius 3 is 2.27 bits per heavy atom. The molecule has 4 rings (SSSR count). The molecular formula is C25H34N2O5S. The number of nitrogens with zero attached hydrogens (tertiary/aromatic N) is 2. The molecule has 0 amide bonds. The number of piperazine rings is 1. The van der Waals surface area contributed by atoms with Gasteiger partial charge in [0.15, 0.2) is 5.44 Å². The Labute approximate surface area is 199 Å². The van der Waals surface area contributed by atoms with Crippen molar-refractivity contribution in [2.75, 3.05) is 44.2 Å². The lowest BCUT2D eigenvalue weighted by Gasteiger charge is -2.39. The Bertz CT molecular complexity index is 889. The van der Waals surface area contributed by atoms with Gasteiger partial charge in [0, 0.05) is 38.3 Å². The normalized spacial score (nSPS) is 28.6. The zero-order chi connectivity index (χ0) is 23.4. The summed E-state index contributed by atoms with van der Waals surface area (Å²) in [5.74, 6) is 0.620. The number of thioether (sulfide) groups is 1. The second-order valence-electron chi connectivity index (χ2n) is 8.69. The lowest BCUT2D eigenvalue weighted by molar-refractivity contribution is -0.0910. The average molecular weight is 475 g/mol. The predicted molar refractivity (Wildman–Crippen MR) is 131 cm³/mol. The van der Waals surface area contributed by atoms with Gasteiger partial charge in [-0.15, -0.1) is 11.8 Å². The fourth-order valence-electron chi connectivity index (χ4n) is 4.42. The van der Waals surface area contributed by atoms with E-state index in [0.717, 1.165) is 55.6 Å². The molecule has 2 aromatic rings. The van der Waals surface area contributed by atoms with E-state index in [1.165, 1.54) is 5.69 Å². The van der Waals surface area contributed by atoms with E-state index < -0.39 is 29.0 Å². The van der Waals surface area contributed by atoms with E-state index in [1.807, 2.05) is 24.3 Å². The number of hydrogen-bond donors (Lipinski definition) is 4. The molecule has 0 spiro atoms. The van der Waals surface area contributed by atoms with Crippen molar-refractivity contribution < 1.29 is 25.2 Å². The number of anilines is 1. The van der Waals surface area contributed by atoms with Crippen LogP contribution in [0.25, 0.3) is 0 Å². The van der Waals surface area contributed by atoms with Crippen LogP contribution < -0.4 is 9.64 Å². The van der Waals surface area contributed by atoms with Crippen LogP contribution in [0.2, 0.25) is 0 Å². The molecule has 2 aliphatic rings. The molecule has 0 aromatic heterocycles. The van der Waals surface area contributed by atoms with Crippen molar-refractivity contribution in [3.63, 3.8) is 0 Å². The van der Waals surface area contributed by atoms with Crippen LogP contribution in [0.15, 0.2) is 48.5 Å². The second-order valence-corrected chi connectivity index (χ2v) is 10.0. The van der Waals surface area contributed by atoms with Gasteiger partial charge in [0.25, 0.3) is 0 Å². The molecule has 0 aliphatic carbocycles. The van der Waals surface area contributed by atoms with Crippen molar-refractivity contribution in [2.24, 2.45) is 0 Å². The molecule has 2 aromatic carbocycles. The van der Waals surface area contributed by atoms with Crippen LogP contribution in [0, 0.1) is 0 Å². The molecule has 2 heterocycles. The molecule has 2 saturated heterocycles. The molecule has 2 aliphatic heterocycles. The minimum Gasteiger partial charge on any atom is -0.477 e. The third-order valence-electron chi connectivity index (χ3n) is 6.58. The van der Waals surface area contributed by atoms with Gasteiger partial charge < -0.3 is 35.0 Å². The largest absolute Gasteiger partial charge is 0.477 e. The van der Waals surface area contributed by atoms with Crippen molar-refractivity contribution >= 4 is 17.4 Å². The predicted octanol–water partition coefficient (Wildman–Crippen LogP) is 1.31. The van der Waals surface area contributed by atoms with Crippen LogP contribution in [-0.2, 0) is 6.42 Å². The first-order valence-corrected chi connectivity index (χ1v) is 12.6. The molecule has 2 fully saturated rings. The summed E-state index contributed by atoms with van der Waals surface area (Å²) >= 11 is 1.14. The van der Waals surface area contributed by atoms with E-state index in [0.29, 0.717) is 12.2 Å². The van der Waals surface area contributed by atoms with Gasteiger partial charge in [-0.1, -0.05) is 37.3 Å². The van der Waals surface area contributed by atoms with Crippen molar-refractivity contribution in [1.82, 2.24) is 4.90 Å². The van der Waals surface area contributed by atoms with Crippen LogP contribution in [0.5, 0.6) is 5.75 Å². The van der Waals surface area contributed by atoms with Crippen LogP contribution >= 0.6 is 11.8 Å². The minimum absolute atomic E-state index is 0.309. The van der Waals surface area contributed by atoms with E-state index in [4.69, 9.17) is 4.74 Å². The highest BCUT2D eigenvalue weighted by atomic mass is 32.2. The molecule has 4 N–H and O–H groups in total. The van der Waals surface area contributed by atoms with E-state index >= 15 is 0 Å². The lowest BCUT2D eigenvalue weighted by Crippen LogP contribution is -2.55. The van der Waals surface area contributed by atoms with Crippen LogP contribution in [-0.4, -0.2) is 93.7 Å². The summed E-state index contributed by atoms with van der Waals surface area (Å²) < 4.78 is 6.08. The summed E-state index contributed by atoms with van der Waals surface area (Å²) in [5.41, 5.74) is 2.58. The first kappa shape index (κ1) is 24.3. The highest BCUT2D eigenvalue weighted by Crippen LogP contribution is 2.35. The molecular weight excluding hydrogens is 440 g/mol. The van der Waals surface area contributed by atoms with Crippen molar-refractivity contribution in [3.05, 3.63) is 59.7 Å². The number of rotatable bonds is 7. The summed E-state index contributed by atoms with van der Waals surface area (Å²) in [4.78, 5) is 4.89. The molecule has 0 saturated carbocycles. The van der Waals surface area contributed by atoms with Gasteiger partial charge in [0.05, 0.1) is 18.0 Å². The molecule has 0 bridgehead atoms. The maximum Gasteiger partial charge on any atom is 0.173 e. The third kappa shape index (κ3) is 5.65. The van der Waals surface area contributed by atoms with E-state index in [9.17, 15) is 20.4 Å². The lowest BCUT2D eigenvalue weighted by atomic mass is 10.0. The molecule has 33 heavy (non-hydrogen) atoms. The van der Waals surface area contributed by atoms with Crippen molar-refractivity contribution in [2.45, 2.75) is 42.3 Å². The van der Waals surface area contributed by atoms with Gasteiger partial charge in [0.1, 0.15) is 18.0 Å². The highest BCUT2D eigenvalue weighted by Gasteiger charge is 2.44. The molecule has 8 heteroatoms. The Morgan fingerprint density at radius 2 is 1.61 bits per heavy atom. The first-order chi connectivity index (χ1) is 16.0. The van der Waals surface area contributed by atoms with E-state index in [1.54, 1.807) is 0 Å². The molecule has 5 atom stereocenters. The summed E-state index contributed by atoms with van der Waals surface area (Å²) in [7, 11) is 0. The summed E-state index contributed by atoms with van der Waals surface area (Å²) in [5, 5.41) is 39.5. The standard InChI is InChI=1S/C25H34N2O5S/c1-2-26-11-13-27(14-12-26)19-9-7-17(8-10-19)15-18-5-3-4-6-20(18)32-25-24(31)23(30)22(29)21(16-28)33-25/h3-10,21-25,28-31H,2,11-16H2,1H3/t21-,22-,23+,24-,25-/m1/s1. The average Bonchev–Trinajstić information content (AvgIpc) is 2.86. The van der Waals surface area contributed by atoms with E-state index in [-0.39, 0.29) is 6.61 Å². The number of para-hydroxylation sites is 1. The number of hydrogen-bond acceptors (Lipinski definition) is 8. The van der Waals surface area contributed by atoms with E-state index in [2.05, 4.69) is 41.0 Å². The number of likely N-dealkylation sites (N-methyl/N-ethyl adjacent to an activating group) is 1. The monoisotopic (exact) mass is 474 g/mol. The summed E-state index contributed by atoms with van der Waals surface area (Å²) in [6.07, 6.45) is -3.16. The highest BCUT2D eigenvalue weighted by molar-refractivity contribution is 8.00. The van der Waals surface area contributed by atoms with Gasteiger partial charge in [-0.2, -0.15) is 0 Å². The fourth-order valence-corrected chi connectivity index (χ4v) is 5.66. The Hall–Kier alpha value is -1.81. The van der Waals surface area contributed by atoms with Crippen LogP contribution in [0.4, 0.5) is 5.69 Å². The Morgan fingerprint density at radius 1 is 0.909 bits per heavy atom. The molecule has 7 nitrogen and oxygen atoms in total. The minimum atomic E-state index is -1.37. The van der Waals surface area contributed by atoms with Crippen LogP contribution in [0.1, 0.15) is 18.1 Å². The quantitative estimate of drug-likeness (QED) is 0.477. The van der Waals surface area contributed by atoms with Gasteiger partial charge in [-0.3, -0.25) is 0 Å². The topological polar surface area (TPSA) is 96.6 Å². The Kier molecular flexibility index (Phi) is 8.16. The summed E-state index contributed by atoms with van der Waals surface area (Å²) in [6.45, 7) is 7.27. The SMILES string of the molecule is CCN1CCN(c2ccc(Cc3ccccc3O[C@@H]3S[C@H](CO)[C@@H](O)[C@H](O)[C@H]3O)cc2)CC1. The van der Waals surface area contributed by atoms with Crippen molar-refractivity contribution in [1.29, 1.82) is 0 Å². The maximum absolute atomic E-state index is 10.4. The van der Waals surface area contributed by atoms with Crippen molar-refractivity contribution in [3.8, 4) is 5.75 Å². The van der Waals surface area contributed by atoms with Gasteiger partial charge >= 0.3 is 0 Å². The zero-order valence-corrected chi connectivity index (χ0v) is 19.8. The number of ether oxygens (including phenoxy) is 1. The fraction of sp³-hybridized carbons (Fsp3) is 0.520. The maximum atomic E-state index is 10.4. The number of benzene rings is 2. The molecule has 0 unspecified atom stereocenters. The zero-order valence-electron chi connectivity index (χ0n) is 19.0.